The van der Waals surface area contributed by atoms with Crippen LogP contribution in [0.2, 0.25) is 0 Å². The van der Waals surface area contributed by atoms with Crippen LogP contribution in [-0.2, 0) is 19.6 Å². The third-order valence-corrected chi connectivity index (χ3v) is 4.99. The molecule has 0 aliphatic heterocycles. The van der Waals surface area contributed by atoms with Crippen molar-refractivity contribution in [2.45, 2.75) is 52.1 Å². The smallest absolute Gasteiger partial charge is 0.310 e. The number of carboxylic acid groups (broad SMARTS) is 1. The van der Waals surface area contributed by atoms with Gasteiger partial charge >= 0.3 is 5.97 Å². The molecule has 0 heterocycles. The monoisotopic (exact) mass is 307 g/mol. The maximum absolute atomic E-state index is 11.8. The Morgan fingerprint density at radius 1 is 1.30 bits per heavy atom. The van der Waals surface area contributed by atoms with Crippen LogP contribution in [0.1, 0.15) is 46.0 Å². The Morgan fingerprint density at radius 3 is 2.40 bits per heavy atom. The van der Waals surface area contributed by atoms with Crippen molar-refractivity contribution in [1.82, 2.24) is 4.72 Å². The molecule has 0 unspecified atom stereocenters. The maximum Gasteiger partial charge on any atom is 0.310 e. The van der Waals surface area contributed by atoms with E-state index in [2.05, 4.69) is 4.72 Å². The first-order valence-electron chi connectivity index (χ1n) is 7.10. The minimum Gasteiger partial charge on any atom is -0.481 e. The lowest BCUT2D eigenvalue weighted by atomic mass is 9.74. The fourth-order valence-corrected chi connectivity index (χ4v) is 3.36. The van der Waals surface area contributed by atoms with Gasteiger partial charge in [-0.2, -0.15) is 0 Å². The Morgan fingerprint density at radius 2 is 1.90 bits per heavy atom. The Hall–Kier alpha value is -0.660. The number of rotatable bonds is 8. The molecule has 6 nitrogen and oxygen atoms in total. The number of carbonyl (C=O) groups is 1. The Labute approximate surface area is 120 Å². The molecule has 2 N–H and O–H groups in total. The van der Waals surface area contributed by atoms with Gasteiger partial charge < -0.3 is 9.84 Å². The van der Waals surface area contributed by atoms with E-state index in [1.54, 1.807) is 0 Å². The van der Waals surface area contributed by atoms with Gasteiger partial charge in [-0.3, -0.25) is 4.79 Å². The van der Waals surface area contributed by atoms with Gasteiger partial charge in [0.05, 0.1) is 23.9 Å². The predicted octanol–water partition coefficient (Wildman–Crippen LogP) is 1.37. The number of ether oxygens (including phenoxy) is 1. The third kappa shape index (κ3) is 5.38. The molecule has 0 saturated heterocycles. The van der Waals surface area contributed by atoms with Crippen molar-refractivity contribution in [1.29, 1.82) is 0 Å². The molecule has 1 aliphatic carbocycles. The highest BCUT2D eigenvalue weighted by atomic mass is 32.2. The van der Waals surface area contributed by atoms with Crippen LogP contribution in [0.15, 0.2) is 0 Å². The van der Waals surface area contributed by atoms with Crippen molar-refractivity contribution in [3.63, 3.8) is 0 Å². The first-order valence-corrected chi connectivity index (χ1v) is 8.75. The van der Waals surface area contributed by atoms with Gasteiger partial charge in [0.1, 0.15) is 0 Å². The van der Waals surface area contributed by atoms with Crippen LogP contribution in [0.25, 0.3) is 0 Å². The SMILES string of the molecule is CC(C)OCCS(=O)(=O)NCC1(C(=O)O)CCCCC1. The van der Waals surface area contributed by atoms with E-state index < -0.39 is 21.4 Å². The summed E-state index contributed by atoms with van der Waals surface area (Å²) in [6, 6.07) is 0. The standard InChI is InChI=1S/C13H25NO5S/c1-11(2)19-8-9-20(17,18)14-10-13(12(15)16)6-4-3-5-7-13/h11,14H,3-10H2,1-2H3,(H,15,16). The molecule has 1 fully saturated rings. The van der Waals surface area contributed by atoms with Crippen LogP contribution >= 0.6 is 0 Å². The van der Waals surface area contributed by atoms with Crippen molar-refractivity contribution >= 4 is 16.0 Å². The predicted molar refractivity (Wildman–Crippen MR) is 76.0 cm³/mol. The highest BCUT2D eigenvalue weighted by molar-refractivity contribution is 7.89. The summed E-state index contributed by atoms with van der Waals surface area (Å²) in [5.41, 5.74) is -0.940. The van der Waals surface area contributed by atoms with Crippen molar-refractivity contribution in [2.24, 2.45) is 5.41 Å². The van der Waals surface area contributed by atoms with E-state index in [0.717, 1.165) is 19.3 Å². The van der Waals surface area contributed by atoms with E-state index in [0.29, 0.717) is 12.8 Å². The average Bonchev–Trinajstić information content (AvgIpc) is 2.37. The summed E-state index contributed by atoms with van der Waals surface area (Å²) in [6.45, 7) is 3.77. The molecule has 0 aromatic heterocycles. The molecule has 118 valence electrons. The number of carboxylic acids is 1. The maximum atomic E-state index is 11.8. The fraction of sp³-hybridized carbons (Fsp3) is 0.923. The molecule has 1 aliphatic rings. The molecule has 0 amide bonds. The molecule has 0 bridgehead atoms. The normalized spacial score (nSPS) is 19.1. The average molecular weight is 307 g/mol. The lowest BCUT2D eigenvalue weighted by Crippen LogP contribution is -2.45. The van der Waals surface area contributed by atoms with Gasteiger partial charge in [-0.05, 0) is 26.7 Å². The first kappa shape index (κ1) is 17.4. The summed E-state index contributed by atoms with van der Waals surface area (Å²) < 4.78 is 31.3. The van der Waals surface area contributed by atoms with Crippen LogP contribution < -0.4 is 4.72 Å². The number of aliphatic carboxylic acids is 1. The zero-order valence-electron chi connectivity index (χ0n) is 12.2. The Balaban J connectivity index is 2.52. The molecule has 0 radical (unpaired) electrons. The number of sulfonamides is 1. The topological polar surface area (TPSA) is 92.7 Å². The van der Waals surface area contributed by atoms with Crippen LogP contribution in [0, 0.1) is 5.41 Å². The summed E-state index contributed by atoms with van der Waals surface area (Å²) in [7, 11) is -3.49. The van der Waals surface area contributed by atoms with E-state index in [1.807, 2.05) is 13.8 Å². The number of nitrogens with one attached hydrogen (secondary N) is 1. The van der Waals surface area contributed by atoms with Gasteiger partial charge in [-0.1, -0.05) is 19.3 Å². The number of hydrogen-bond donors (Lipinski definition) is 2. The molecule has 0 aromatic carbocycles. The minimum atomic E-state index is -3.49. The summed E-state index contributed by atoms with van der Waals surface area (Å²) in [4.78, 5) is 11.4. The molecule has 1 saturated carbocycles. The second kappa shape index (κ2) is 7.38. The molecule has 0 atom stereocenters. The fourth-order valence-electron chi connectivity index (χ4n) is 2.41. The molecular formula is C13H25NO5S. The molecule has 20 heavy (non-hydrogen) atoms. The summed E-state index contributed by atoms with van der Waals surface area (Å²) in [5.74, 6) is -1.04. The van der Waals surface area contributed by atoms with E-state index in [1.165, 1.54) is 0 Å². The molecule has 1 rings (SSSR count). The van der Waals surface area contributed by atoms with Crippen molar-refractivity contribution in [2.75, 3.05) is 18.9 Å². The zero-order chi connectivity index (χ0) is 15.2. The lowest BCUT2D eigenvalue weighted by molar-refractivity contribution is -0.150. The Bertz CT molecular complexity index is 412. The van der Waals surface area contributed by atoms with E-state index in [4.69, 9.17) is 4.74 Å². The van der Waals surface area contributed by atoms with Gasteiger partial charge in [0.25, 0.3) is 0 Å². The highest BCUT2D eigenvalue weighted by Crippen LogP contribution is 2.36. The van der Waals surface area contributed by atoms with Gasteiger partial charge in [-0.15, -0.1) is 0 Å². The highest BCUT2D eigenvalue weighted by Gasteiger charge is 2.40. The second-order valence-electron chi connectivity index (χ2n) is 5.71. The van der Waals surface area contributed by atoms with Crippen molar-refractivity contribution in [3.8, 4) is 0 Å². The Kier molecular flexibility index (Phi) is 6.42. The first-order chi connectivity index (χ1) is 9.27. The van der Waals surface area contributed by atoms with Crippen LogP contribution in [0.5, 0.6) is 0 Å². The van der Waals surface area contributed by atoms with E-state index >= 15 is 0 Å². The van der Waals surface area contributed by atoms with E-state index in [-0.39, 0.29) is 25.0 Å². The zero-order valence-corrected chi connectivity index (χ0v) is 13.0. The van der Waals surface area contributed by atoms with Gasteiger partial charge in [0.2, 0.25) is 10.0 Å². The van der Waals surface area contributed by atoms with Crippen molar-refractivity contribution < 1.29 is 23.1 Å². The number of hydrogen-bond acceptors (Lipinski definition) is 4. The lowest BCUT2D eigenvalue weighted by Gasteiger charge is -2.33. The van der Waals surface area contributed by atoms with Gasteiger partial charge in [0.15, 0.2) is 0 Å². The van der Waals surface area contributed by atoms with Crippen LogP contribution in [0.4, 0.5) is 0 Å². The molecular weight excluding hydrogens is 282 g/mol. The quantitative estimate of drug-likeness (QED) is 0.706. The minimum absolute atomic E-state index is 0.0195. The third-order valence-electron chi connectivity index (χ3n) is 3.70. The van der Waals surface area contributed by atoms with E-state index in [9.17, 15) is 18.3 Å². The summed E-state index contributed by atoms with van der Waals surface area (Å²) >= 11 is 0. The van der Waals surface area contributed by atoms with Crippen molar-refractivity contribution in [3.05, 3.63) is 0 Å². The second-order valence-corrected chi connectivity index (χ2v) is 7.63. The van der Waals surface area contributed by atoms with Crippen LogP contribution in [0.3, 0.4) is 0 Å². The summed E-state index contributed by atoms with van der Waals surface area (Å²) in [5, 5.41) is 9.37. The van der Waals surface area contributed by atoms with Gasteiger partial charge in [-0.25, -0.2) is 13.1 Å². The molecule has 0 spiro atoms. The van der Waals surface area contributed by atoms with Gasteiger partial charge in [0, 0.05) is 6.54 Å². The molecule has 7 heteroatoms. The summed E-state index contributed by atoms with van der Waals surface area (Å²) in [6.07, 6.45) is 3.74. The molecule has 0 aromatic rings. The van der Waals surface area contributed by atoms with Crippen LogP contribution in [-0.4, -0.2) is 44.5 Å². The largest absolute Gasteiger partial charge is 0.481 e.